The minimum atomic E-state index is -0.539. The fourth-order valence-corrected chi connectivity index (χ4v) is 1.62. The van der Waals surface area contributed by atoms with Crippen LogP contribution in [0.2, 0.25) is 0 Å². The van der Waals surface area contributed by atoms with Crippen LogP contribution in [0.4, 0.5) is 11.5 Å². The minimum Gasteiger partial charge on any atom is -0.366 e. The van der Waals surface area contributed by atoms with Crippen molar-refractivity contribution in [2.75, 3.05) is 5.32 Å². The zero-order valence-electron chi connectivity index (χ0n) is 10.4. The van der Waals surface area contributed by atoms with Crippen LogP contribution in [0.1, 0.15) is 15.9 Å². The van der Waals surface area contributed by atoms with Crippen molar-refractivity contribution in [2.45, 2.75) is 6.54 Å². The van der Waals surface area contributed by atoms with Gasteiger partial charge in [-0.3, -0.25) is 14.9 Å². The first-order chi connectivity index (χ1) is 9.56. The fourth-order valence-electron chi connectivity index (χ4n) is 1.62. The van der Waals surface area contributed by atoms with E-state index in [1.165, 1.54) is 18.3 Å². The van der Waals surface area contributed by atoms with E-state index in [-0.39, 0.29) is 5.69 Å². The summed E-state index contributed by atoms with van der Waals surface area (Å²) in [5, 5.41) is 13.7. The third-order valence-corrected chi connectivity index (χ3v) is 2.64. The summed E-state index contributed by atoms with van der Waals surface area (Å²) in [6, 6.07) is 9.51. The van der Waals surface area contributed by atoms with Crippen LogP contribution in [0.5, 0.6) is 0 Å². The van der Waals surface area contributed by atoms with E-state index in [0.717, 1.165) is 5.56 Å². The lowest BCUT2D eigenvalue weighted by molar-refractivity contribution is -0.384. The molecule has 1 amide bonds. The Morgan fingerprint density at radius 1 is 1.35 bits per heavy atom. The summed E-state index contributed by atoms with van der Waals surface area (Å²) in [4.78, 5) is 25.1. The third kappa shape index (κ3) is 3.29. The topological polar surface area (TPSA) is 111 Å². The average Bonchev–Trinajstić information content (AvgIpc) is 2.46. The molecule has 1 heterocycles. The molecule has 102 valence electrons. The van der Waals surface area contributed by atoms with E-state index in [0.29, 0.717) is 17.9 Å². The number of hydrogen-bond acceptors (Lipinski definition) is 5. The second-order valence-electron chi connectivity index (χ2n) is 4.08. The molecule has 1 aromatic carbocycles. The van der Waals surface area contributed by atoms with Crippen LogP contribution in [0.3, 0.4) is 0 Å². The molecule has 1 aromatic heterocycles. The molecule has 0 radical (unpaired) electrons. The quantitative estimate of drug-likeness (QED) is 0.635. The number of aromatic nitrogens is 1. The molecule has 0 atom stereocenters. The molecule has 20 heavy (non-hydrogen) atoms. The number of nitrogens with zero attached hydrogens (tertiary/aromatic N) is 2. The van der Waals surface area contributed by atoms with Crippen LogP contribution in [-0.2, 0) is 6.54 Å². The lowest BCUT2D eigenvalue weighted by Crippen LogP contribution is -2.11. The Morgan fingerprint density at radius 2 is 2.15 bits per heavy atom. The van der Waals surface area contributed by atoms with Gasteiger partial charge in [0, 0.05) is 24.9 Å². The number of nitro groups is 1. The molecule has 0 fully saturated rings. The molecule has 3 N–H and O–H groups in total. The molecule has 0 aliphatic heterocycles. The summed E-state index contributed by atoms with van der Waals surface area (Å²) in [6.07, 6.45) is 1.37. The smallest absolute Gasteiger partial charge is 0.269 e. The van der Waals surface area contributed by atoms with Gasteiger partial charge in [0.05, 0.1) is 10.5 Å². The van der Waals surface area contributed by atoms with Gasteiger partial charge in [-0.2, -0.15) is 0 Å². The molecule has 0 spiro atoms. The maximum Gasteiger partial charge on any atom is 0.269 e. The monoisotopic (exact) mass is 272 g/mol. The molecule has 0 bridgehead atoms. The lowest BCUT2D eigenvalue weighted by Gasteiger charge is -2.06. The van der Waals surface area contributed by atoms with Gasteiger partial charge in [0.15, 0.2) is 0 Å². The van der Waals surface area contributed by atoms with Crippen molar-refractivity contribution in [3.63, 3.8) is 0 Å². The summed E-state index contributed by atoms with van der Waals surface area (Å²) in [7, 11) is 0. The Kier molecular flexibility index (Phi) is 3.90. The zero-order valence-corrected chi connectivity index (χ0v) is 10.4. The predicted octanol–water partition coefficient (Wildman–Crippen LogP) is 1.70. The van der Waals surface area contributed by atoms with E-state index in [1.807, 2.05) is 0 Å². The Hall–Kier alpha value is -2.96. The molecular weight excluding hydrogens is 260 g/mol. The average molecular weight is 272 g/mol. The highest BCUT2D eigenvalue weighted by Gasteiger charge is 2.06. The predicted molar refractivity (Wildman–Crippen MR) is 73.2 cm³/mol. The molecule has 2 rings (SSSR count). The molecule has 2 aromatic rings. The second kappa shape index (κ2) is 5.79. The van der Waals surface area contributed by atoms with E-state index in [1.54, 1.807) is 24.3 Å². The highest BCUT2D eigenvalue weighted by atomic mass is 16.6. The number of anilines is 1. The van der Waals surface area contributed by atoms with Crippen LogP contribution in [0, 0.1) is 10.1 Å². The normalized spacial score (nSPS) is 10.0. The number of primary amides is 1. The van der Waals surface area contributed by atoms with Crippen LogP contribution in [0.25, 0.3) is 0 Å². The SMILES string of the molecule is NC(=O)c1ccc(NCc2cccc([N+](=O)[O-])c2)nc1. The largest absolute Gasteiger partial charge is 0.366 e. The van der Waals surface area contributed by atoms with Crippen LogP contribution in [0.15, 0.2) is 42.6 Å². The number of benzene rings is 1. The highest BCUT2D eigenvalue weighted by molar-refractivity contribution is 5.92. The first-order valence-corrected chi connectivity index (χ1v) is 5.79. The Balaban J connectivity index is 2.03. The van der Waals surface area contributed by atoms with Crippen molar-refractivity contribution in [3.05, 3.63) is 63.8 Å². The number of hydrogen-bond donors (Lipinski definition) is 2. The number of nitrogens with two attached hydrogens (primary N) is 1. The maximum atomic E-state index is 10.9. The molecule has 0 aliphatic rings. The summed E-state index contributed by atoms with van der Waals surface area (Å²) in [5.74, 6) is 0.0178. The summed E-state index contributed by atoms with van der Waals surface area (Å²) >= 11 is 0. The van der Waals surface area contributed by atoms with Crippen molar-refractivity contribution < 1.29 is 9.72 Å². The van der Waals surface area contributed by atoms with E-state index < -0.39 is 10.8 Å². The molecule has 0 aliphatic carbocycles. The van der Waals surface area contributed by atoms with Gasteiger partial charge in [0.2, 0.25) is 5.91 Å². The summed E-state index contributed by atoms with van der Waals surface area (Å²) in [6.45, 7) is 0.393. The van der Waals surface area contributed by atoms with Crippen molar-refractivity contribution in [3.8, 4) is 0 Å². The number of rotatable bonds is 5. The van der Waals surface area contributed by atoms with Crippen molar-refractivity contribution >= 4 is 17.4 Å². The third-order valence-electron chi connectivity index (χ3n) is 2.64. The first-order valence-electron chi connectivity index (χ1n) is 5.79. The number of nitrogens with one attached hydrogen (secondary N) is 1. The van der Waals surface area contributed by atoms with E-state index in [4.69, 9.17) is 5.73 Å². The molecular formula is C13H12N4O3. The van der Waals surface area contributed by atoms with Gasteiger partial charge in [-0.05, 0) is 17.7 Å². The van der Waals surface area contributed by atoms with Gasteiger partial charge in [-0.1, -0.05) is 12.1 Å². The zero-order chi connectivity index (χ0) is 14.5. The number of non-ortho nitro benzene ring substituents is 1. The van der Waals surface area contributed by atoms with Crippen LogP contribution in [-0.4, -0.2) is 15.8 Å². The Morgan fingerprint density at radius 3 is 2.75 bits per heavy atom. The lowest BCUT2D eigenvalue weighted by atomic mass is 10.2. The maximum absolute atomic E-state index is 10.9. The highest BCUT2D eigenvalue weighted by Crippen LogP contribution is 2.14. The molecule has 7 heteroatoms. The van der Waals surface area contributed by atoms with Gasteiger partial charge >= 0.3 is 0 Å². The van der Waals surface area contributed by atoms with Gasteiger partial charge in [0.1, 0.15) is 5.82 Å². The molecule has 7 nitrogen and oxygen atoms in total. The van der Waals surface area contributed by atoms with E-state index >= 15 is 0 Å². The van der Waals surface area contributed by atoms with Gasteiger partial charge in [0.25, 0.3) is 5.69 Å². The van der Waals surface area contributed by atoms with E-state index in [2.05, 4.69) is 10.3 Å². The molecule has 0 saturated heterocycles. The summed E-state index contributed by atoms with van der Waals surface area (Å²) in [5.41, 5.74) is 6.24. The van der Waals surface area contributed by atoms with Gasteiger partial charge < -0.3 is 11.1 Å². The molecule has 0 saturated carbocycles. The Labute approximate surface area is 114 Å². The Bertz CT molecular complexity index is 640. The number of amides is 1. The van der Waals surface area contributed by atoms with Crippen molar-refractivity contribution in [1.29, 1.82) is 0 Å². The van der Waals surface area contributed by atoms with Gasteiger partial charge in [-0.25, -0.2) is 4.98 Å². The van der Waals surface area contributed by atoms with Crippen LogP contribution >= 0.6 is 0 Å². The minimum absolute atomic E-state index is 0.0429. The number of carbonyl (C=O) groups excluding carboxylic acids is 1. The van der Waals surface area contributed by atoms with Crippen molar-refractivity contribution in [1.82, 2.24) is 4.98 Å². The first kappa shape index (κ1) is 13.5. The van der Waals surface area contributed by atoms with Gasteiger partial charge in [-0.15, -0.1) is 0 Å². The number of nitro benzene ring substituents is 1. The number of pyridine rings is 1. The van der Waals surface area contributed by atoms with E-state index in [9.17, 15) is 14.9 Å². The fraction of sp³-hybridized carbons (Fsp3) is 0.0769. The molecule has 0 unspecified atom stereocenters. The van der Waals surface area contributed by atoms with Crippen molar-refractivity contribution in [2.24, 2.45) is 5.73 Å². The number of carbonyl (C=O) groups is 1. The summed E-state index contributed by atoms with van der Waals surface area (Å²) < 4.78 is 0. The van der Waals surface area contributed by atoms with Crippen LogP contribution < -0.4 is 11.1 Å². The second-order valence-corrected chi connectivity index (χ2v) is 4.08. The standard InChI is InChI=1S/C13H12N4O3/c14-13(18)10-4-5-12(16-8-10)15-7-9-2-1-3-11(6-9)17(19)20/h1-6,8H,7H2,(H2,14,18)(H,15,16).